The molecule has 0 saturated heterocycles. The Labute approximate surface area is 128 Å². The fourth-order valence-corrected chi connectivity index (χ4v) is 2.25. The van der Waals surface area contributed by atoms with Gasteiger partial charge in [0.25, 0.3) is 0 Å². The standard InChI is InChI=1S/C14H18F2N2O2.ClH/c1-20-7-12(17)13(19)18-8-14(4-5-14)10-3-2-9(15)6-11(10)16;/h2-3,6,12H,4-5,7-8,17H2,1H3,(H,18,19);1H. The highest BCUT2D eigenvalue weighted by Crippen LogP contribution is 2.48. The predicted octanol–water partition coefficient (Wildman–Crippen LogP) is 1.51. The number of hydrogen-bond donors (Lipinski definition) is 2. The number of hydrogen-bond acceptors (Lipinski definition) is 3. The summed E-state index contributed by atoms with van der Waals surface area (Å²) in [6.07, 6.45) is 1.52. The van der Waals surface area contributed by atoms with Crippen LogP contribution in [0, 0.1) is 11.6 Å². The van der Waals surface area contributed by atoms with E-state index in [4.69, 9.17) is 10.5 Å². The van der Waals surface area contributed by atoms with Gasteiger partial charge in [-0.1, -0.05) is 6.07 Å². The summed E-state index contributed by atoms with van der Waals surface area (Å²) in [4.78, 5) is 11.7. The van der Waals surface area contributed by atoms with Crippen LogP contribution >= 0.6 is 12.4 Å². The highest BCUT2D eigenvalue weighted by Gasteiger charge is 2.46. The average molecular weight is 321 g/mol. The molecule has 0 radical (unpaired) electrons. The molecule has 2 rings (SSSR count). The quantitative estimate of drug-likeness (QED) is 0.835. The van der Waals surface area contributed by atoms with E-state index in [0.717, 1.165) is 18.9 Å². The highest BCUT2D eigenvalue weighted by molar-refractivity contribution is 5.85. The van der Waals surface area contributed by atoms with Crippen LogP contribution in [0.3, 0.4) is 0 Å². The summed E-state index contributed by atoms with van der Waals surface area (Å²) in [7, 11) is 1.46. The zero-order valence-corrected chi connectivity index (χ0v) is 12.5. The van der Waals surface area contributed by atoms with Crippen molar-refractivity contribution in [1.29, 1.82) is 0 Å². The maximum atomic E-state index is 13.8. The van der Waals surface area contributed by atoms with Crippen molar-refractivity contribution in [3.8, 4) is 0 Å². The van der Waals surface area contributed by atoms with Gasteiger partial charge < -0.3 is 15.8 Å². The first-order valence-electron chi connectivity index (χ1n) is 6.46. The van der Waals surface area contributed by atoms with Crippen molar-refractivity contribution in [3.05, 3.63) is 35.4 Å². The molecule has 0 bridgehead atoms. The van der Waals surface area contributed by atoms with Gasteiger partial charge in [0.2, 0.25) is 5.91 Å². The van der Waals surface area contributed by atoms with Gasteiger partial charge in [-0.05, 0) is 24.5 Å². The van der Waals surface area contributed by atoms with Crippen LogP contribution in [-0.4, -0.2) is 32.2 Å². The maximum absolute atomic E-state index is 13.8. The molecule has 4 nitrogen and oxygen atoms in total. The third-order valence-corrected chi connectivity index (χ3v) is 3.64. The summed E-state index contributed by atoms with van der Waals surface area (Å²) in [6, 6.07) is 2.80. The monoisotopic (exact) mass is 320 g/mol. The molecule has 1 aliphatic rings. The molecule has 1 aliphatic carbocycles. The number of nitrogens with two attached hydrogens (primary N) is 1. The van der Waals surface area contributed by atoms with Gasteiger partial charge in [0.05, 0.1) is 6.61 Å². The molecule has 1 amide bonds. The van der Waals surface area contributed by atoms with Crippen LogP contribution in [0.25, 0.3) is 0 Å². The lowest BCUT2D eigenvalue weighted by molar-refractivity contribution is -0.123. The van der Waals surface area contributed by atoms with E-state index in [1.165, 1.54) is 19.2 Å². The smallest absolute Gasteiger partial charge is 0.239 e. The Morgan fingerprint density at radius 1 is 1.48 bits per heavy atom. The first-order valence-corrected chi connectivity index (χ1v) is 6.46. The predicted molar refractivity (Wildman–Crippen MR) is 77.4 cm³/mol. The summed E-state index contributed by atoms with van der Waals surface area (Å²) < 4.78 is 31.5. The zero-order valence-electron chi connectivity index (χ0n) is 11.7. The van der Waals surface area contributed by atoms with Crippen LogP contribution < -0.4 is 11.1 Å². The number of carbonyl (C=O) groups is 1. The summed E-state index contributed by atoms with van der Waals surface area (Å²) in [5.41, 5.74) is 5.62. The Bertz CT molecular complexity index is 510. The van der Waals surface area contributed by atoms with E-state index >= 15 is 0 Å². The Morgan fingerprint density at radius 3 is 2.67 bits per heavy atom. The lowest BCUT2D eigenvalue weighted by atomic mass is 9.95. The molecule has 1 aromatic carbocycles. The molecular weight excluding hydrogens is 302 g/mol. The second kappa shape index (κ2) is 7.15. The molecule has 0 heterocycles. The molecular formula is C14H19ClF2N2O2. The molecule has 7 heteroatoms. The highest BCUT2D eigenvalue weighted by atomic mass is 35.5. The van der Waals surface area contributed by atoms with Crippen LogP contribution in [0.5, 0.6) is 0 Å². The summed E-state index contributed by atoms with van der Waals surface area (Å²) in [5.74, 6) is -1.51. The molecule has 0 aromatic heterocycles. The molecule has 3 N–H and O–H groups in total. The van der Waals surface area contributed by atoms with E-state index in [2.05, 4.69) is 5.32 Å². The molecule has 1 fully saturated rings. The molecule has 0 spiro atoms. The van der Waals surface area contributed by atoms with E-state index < -0.39 is 23.1 Å². The van der Waals surface area contributed by atoms with Crippen molar-refractivity contribution >= 4 is 18.3 Å². The molecule has 1 aromatic rings. The van der Waals surface area contributed by atoms with E-state index in [1.54, 1.807) is 0 Å². The number of carbonyl (C=O) groups excluding carboxylic acids is 1. The van der Waals surface area contributed by atoms with E-state index in [1.807, 2.05) is 0 Å². The summed E-state index contributed by atoms with van der Waals surface area (Å²) in [6.45, 7) is 0.426. The van der Waals surface area contributed by atoms with E-state index in [0.29, 0.717) is 12.1 Å². The number of nitrogens with one attached hydrogen (secondary N) is 1. The normalized spacial score (nSPS) is 16.8. The van der Waals surface area contributed by atoms with Crippen molar-refractivity contribution in [2.45, 2.75) is 24.3 Å². The fraction of sp³-hybridized carbons (Fsp3) is 0.500. The van der Waals surface area contributed by atoms with Gasteiger partial charge in [-0.15, -0.1) is 12.4 Å². The topological polar surface area (TPSA) is 64.3 Å². The zero-order chi connectivity index (χ0) is 14.8. The summed E-state index contributed by atoms with van der Waals surface area (Å²) in [5, 5.41) is 2.71. The fourth-order valence-electron chi connectivity index (χ4n) is 2.25. The van der Waals surface area contributed by atoms with E-state index in [-0.39, 0.29) is 24.9 Å². The minimum atomic E-state index is -0.742. The Balaban J connectivity index is 0.00000220. The largest absolute Gasteiger partial charge is 0.383 e. The van der Waals surface area contributed by atoms with Gasteiger partial charge in [-0.2, -0.15) is 0 Å². The second-order valence-corrected chi connectivity index (χ2v) is 5.18. The number of halogens is 3. The maximum Gasteiger partial charge on any atom is 0.239 e. The SMILES string of the molecule is COCC(N)C(=O)NCC1(c2ccc(F)cc2F)CC1.Cl. The second-order valence-electron chi connectivity index (χ2n) is 5.18. The van der Waals surface area contributed by atoms with Crippen molar-refractivity contribution in [2.24, 2.45) is 5.73 Å². The number of rotatable bonds is 6. The van der Waals surface area contributed by atoms with Crippen molar-refractivity contribution < 1.29 is 18.3 Å². The first kappa shape index (κ1) is 17.8. The molecule has 1 saturated carbocycles. The number of ether oxygens (including phenoxy) is 1. The minimum absolute atomic E-state index is 0. The number of methoxy groups -OCH3 is 1. The van der Waals surface area contributed by atoms with E-state index in [9.17, 15) is 13.6 Å². The Morgan fingerprint density at radius 2 is 2.14 bits per heavy atom. The molecule has 1 atom stereocenters. The van der Waals surface area contributed by atoms with Crippen LogP contribution in [0.2, 0.25) is 0 Å². The van der Waals surface area contributed by atoms with Gasteiger partial charge in [0.15, 0.2) is 0 Å². The summed E-state index contributed by atoms with van der Waals surface area (Å²) >= 11 is 0. The molecule has 21 heavy (non-hydrogen) atoms. The lowest BCUT2D eigenvalue weighted by Gasteiger charge is -2.19. The Hall–Kier alpha value is -1.24. The molecule has 0 aliphatic heterocycles. The average Bonchev–Trinajstić information content (AvgIpc) is 3.17. The third kappa shape index (κ3) is 4.12. The van der Waals surface area contributed by atoms with Gasteiger partial charge >= 0.3 is 0 Å². The van der Waals surface area contributed by atoms with Crippen LogP contribution in [-0.2, 0) is 14.9 Å². The third-order valence-electron chi connectivity index (χ3n) is 3.64. The minimum Gasteiger partial charge on any atom is -0.383 e. The van der Waals surface area contributed by atoms with Gasteiger partial charge in [-0.3, -0.25) is 4.79 Å². The van der Waals surface area contributed by atoms with Crippen LogP contribution in [0.1, 0.15) is 18.4 Å². The van der Waals surface area contributed by atoms with Gasteiger partial charge in [0, 0.05) is 25.1 Å². The first-order chi connectivity index (χ1) is 9.48. The van der Waals surface area contributed by atoms with Crippen molar-refractivity contribution in [2.75, 3.05) is 20.3 Å². The van der Waals surface area contributed by atoms with Crippen molar-refractivity contribution in [3.63, 3.8) is 0 Å². The molecule has 118 valence electrons. The van der Waals surface area contributed by atoms with Gasteiger partial charge in [-0.25, -0.2) is 8.78 Å². The molecule has 1 unspecified atom stereocenters. The van der Waals surface area contributed by atoms with Crippen molar-refractivity contribution in [1.82, 2.24) is 5.32 Å². The van der Waals surface area contributed by atoms with Crippen LogP contribution in [0.4, 0.5) is 8.78 Å². The van der Waals surface area contributed by atoms with Crippen LogP contribution in [0.15, 0.2) is 18.2 Å². The van der Waals surface area contributed by atoms with Gasteiger partial charge in [0.1, 0.15) is 17.7 Å². The number of benzene rings is 1. The number of amides is 1. The lowest BCUT2D eigenvalue weighted by Crippen LogP contribution is -2.45. The Kier molecular flexibility index (Phi) is 6.07.